The maximum atomic E-state index is 13.2. The smallest absolute Gasteiger partial charge is 0.256 e. The van der Waals surface area contributed by atoms with Gasteiger partial charge in [-0.3, -0.25) is 14.6 Å². The third kappa shape index (κ3) is 2.28. The number of rotatable bonds is 2. The highest BCUT2D eigenvalue weighted by Crippen LogP contribution is 2.22. The average Bonchev–Trinajstić information content (AvgIpc) is 2.85. The van der Waals surface area contributed by atoms with Crippen LogP contribution in [0.4, 0.5) is 4.39 Å². The van der Waals surface area contributed by atoms with Gasteiger partial charge in [-0.15, -0.1) is 0 Å². The van der Waals surface area contributed by atoms with Crippen molar-refractivity contribution in [2.24, 2.45) is 0 Å². The monoisotopic (exact) mass is 309 g/mol. The van der Waals surface area contributed by atoms with E-state index in [0.29, 0.717) is 23.2 Å². The Kier molecular flexibility index (Phi) is 2.97. The summed E-state index contributed by atoms with van der Waals surface area (Å²) in [6.45, 7) is 0.577. The van der Waals surface area contributed by atoms with Crippen molar-refractivity contribution >= 4 is 16.8 Å². The highest BCUT2D eigenvalue weighted by Gasteiger charge is 2.28. The van der Waals surface area contributed by atoms with Crippen LogP contribution in [0.1, 0.15) is 21.6 Å². The van der Waals surface area contributed by atoms with Gasteiger partial charge in [-0.1, -0.05) is 0 Å². The largest absolute Gasteiger partial charge is 0.328 e. The lowest BCUT2D eigenvalue weighted by atomic mass is 10.1. The number of fused-ring (bicyclic) bond motifs is 2. The summed E-state index contributed by atoms with van der Waals surface area (Å²) in [6.07, 6.45) is 1.65. The first kappa shape index (κ1) is 13.6. The molecule has 0 bridgehead atoms. The van der Waals surface area contributed by atoms with E-state index in [-0.39, 0.29) is 18.0 Å². The second kappa shape index (κ2) is 5.01. The van der Waals surface area contributed by atoms with Gasteiger partial charge in [0.25, 0.3) is 11.5 Å². The molecule has 1 amide bonds. The molecule has 0 saturated heterocycles. The number of halogens is 1. The van der Waals surface area contributed by atoms with Gasteiger partial charge in [-0.05, 0) is 41.8 Å². The zero-order valence-corrected chi connectivity index (χ0v) is 12.0. The highest BCUT2D eigenvalue weighted by molar-refractivity contribution is 5.97. The number of carbonyl (C=O) groups is 1. The molecule has 6 heteroatoms. The first-order chi connectivity index (χ1) is 11.1. The Labute approximate surface area is 130 Å². The van der Waals surface area contributed by atoms with Crippen LogP contribution in [-0.4, -0.2) is 20.8 Å². The zero-order valence-electron chi connectivity index (χ0n) is 12.0. The Morgan fingerprint density at radius 1 is 1.22 bits per heavy atom. The molecule has 5 nitrogen and oxygen atoms in total. The van der Waals surface area contributed by atoms with Crippen LogP contribution in [0, 0.1) is 5.82 Å². The van der Waals surface area contributed by atoms with E-state index in [9.17, 15) is 14.0 Å². The minimum absolute atomic E-state index is 0.133. The molecule has 1 aliphatic heterocycles. The number of benzene rings is 1. The number of pyridine rings is 2. The average molecular weight is 309 g/mol. The van der Waals surface area contributed by atoms with Crippen LogP contribution in [-0.2, 0) is 13.1 Å². The maximum Gasteiger partial charge on any atom is 0.256 e. The molecule has 1 N–H and O–H groups in total. The second-order valence-corrected chi connectivity index (χ2v) is 5.51. The summed E-state index contributed by atoms with van der Waals surface area (Å²) in [6, 6.07) is 9.37. The standard InChI is InChI=1S/C17H12FN3O2/c18-12-4-3-10-6-11(16(22)20-14(10)7-12)8-21-9-15-13(17(21)23)2-1-5-19-15/h1-7H,8-9H2,(H,20,22). The Bertz CT molecular complexity index is 997. The van der Waals surface area contributed by atoms with Crippen molar-refractivity contribution < 1.29 is 9.18 Å². The molecule has 4 rings (SSSR count). The van der Waals surface area contributed by atoms with Crippen molar-refractivity contribution in [3.8, 4) is 0 Å². The van der Waals surface area contributed by atoms with Crippen LogP contribution in [0.25, 0.3) is 10.9 Å². The molecule has 114 valence electrons. The molecule has 0 spiro atoms. The molecule has 0 radical (unpaired) electrons. The topological polar surface area (TPSA) is 66.1 Å². The van der Waals surface area contributed by atoms with Crippen molar-refractivity contribution in [1.82, 2.24) is 14.9 Å². The van der Waals surface area contributed by atoms with Crippen molar-refractivity contribution in [2.75, 3.05) is 0 Å². The minimum atomic E-state index is -0.405. The Balaban J connectivity index is 1.69. The molecule has 0 atom stereocenters. The molecule has 0 unspecified atom stereocenters. The fourth-order valence-electron chi connectivity index (χ4n) is 2.85. The van der Waals surface area contributed by atoms with E-state index in [1.54, 1.807) is 35.4 Å². The van der Waals surface area contributed by atoms with Crippen molar-refractivity contribution in [3.63, 3.8) is 0 Å². The third-order valence-electron chi connectivity index (χ3n) is 3.99. The first-order valence-electron chi connectivity index (χ1n) is 7.16. The summed E-state index contributed by atoms with van der Waals surface area (Å²) in [5.41, 5.74) is 1.88. The molecule has 0 aliphatic carbocycles. The molecular weight excluding hydrogens is 297 g/mol. The molecule has 23 heavy (non-hydrogen) atoms. The van der Waals surface area contributed by atoms with Crippen molar-refractivity contribution in [2.45, 2.75) is 13.1 Å². The first-order valence-corrected chi connectivity index (χ1v) is 7.16. The van der Waals surface area contributed by atoms with E-state index < -0.39 is 5.82 Å². The summed E-state index contributed by atoms with van der Waals surface area (Å²) in [5, 5.41) is 0.725. The lowest BCUT2D eigenvalue weighted by Gasteiger charge is -2.15. The fourth-order valence-corrected chi connectivity index (χ4v) is 2.85. The number of aromatic nitrogens is 2. The van der Waals surface area contributed by atoms with E-state index in [2.05, 4.69) is 9.97 Å². The number of hydrogen-bond acceptors (Lipinski definition) is 3. The lowest BCUT2D eigenvalue weighted by molar-refractivity contribution is 0.0766. The maximum absolute atomic E-state index is 13.2. The van der Waals surface area contributed by atoms with Gasteiger partial charge >= 0.3 is 0 Å². The van der Waals surface area contributed by atoms with E-state index >= 15 is 0 Å². The molecule has 1 aromatic carbocycles. The second-order valence-electron chi connectivity index (χ2n) is 5.51. The van der Waals surface area contributed by atoms with Crippen LogP contribution < -0.4 is 5.56 Å². The molecule has 0 fully saturated rings. The molecule has 3 aromatic rings. The van der Waals surface area contributed by atoms with E-state index in [0.717, 1.165) is 11.1 Å². The van der Waals surface area contributed by atoms with Crippen LogP contribution in [0.15, 0.2) is 47.4 Å². The predicted octanol–water partition coefficient (Wildman–Crippen LogP) is 2.22. The quantitative estimate of drug-likeness (QED) is 0.789. The molecular formula is C17H12FN3O2. The summed E-state index contributed by atoms with van der Waals surface area (Å²) in [4.78, 5) is 33.0. The molecule has 0 saturated carbocycles. The van der Waals surface area contributed by atoms with Gasteiger partial charge in [0, 0.05) is 11.8 Å². The van der Waals surface area contributed by atoms with Gasteiger partial charge in [0.1, 0.15) is 5.82 Å². The number of carbonyl (C=O) groups excluding carboxylic acids is 1. The van der Waals surface area contributed by atoms with Gasteiger partial charge in [0.15, 0.2) is 0 Å². The van der Waals surface area contributed by atoms with Crippen LogP contribution >= 0.6 is 0 Å². The third-order valence-corrected chi connectivity index (χ3v) is 3.99. The minimum Gasteiger partial charge on any atom is -0.328 e. The Morgan fingerprint density at radius 2 is 2.09 bits per heavy atom. The summed E-state index contributed by atoms with van der Waals surface area (Å²) < 4.78 is 13.2. The summed E-state index contributed by atoms with van der Waals surface area (Å²) in [5.74, 6) is -0.538. The van der Waals surface area contributed by atoms with Crippen LogP contribution in [0.5, 0.6) is 0 Å². The molecule has 1 aliphatic rings. The van der Waals surface area contributed by atoms with Crippen LogP contribution in [0.2, 0.25) is 0 Å². The normalized spacial score (nSPS) is 13.6. The van der Waals surface area contributed by atoms with Crippen molar-refractivity contribution in [3.05, 3.63) is 75.6 Å². The number of amides is 1. The number of nitrogens with one attached hydrogen (secondary N) is 1. The molecule has 3 heterocycles. The van der Waals surface area contributed by atoms with Gasteiger partial charge < -0.3 is 9.88 Å². The van der Waals surface area contributed by atoms with E-state index in [1.807, 2.05) is 0 Å². The van der Waals surface area contributed by atoms with Crippen LogP contribution in [0.3, 0.4) is 0 Å². The number of aromatic amines is 1. The van der Waals surface area contributed by atoms with E-state index in [4.69, 9.17) is 0 Å². The Hall–Kier alpha value is -3.02. The number of hydrogen-bond donors (Lipinski definition) is 1. The molecule has 2 aromatic heterocycles. The van der Waals surface area contributed by atoms with Gasteiger partial charge in [0.2, 0.25) is 0 Å². The van der Waals surface area contributed by atoms with Gasteiger partial charge in [0.05, 0.1) is 29.9 Å². The fraction of sp³-hybridized carbons (Fsp3) is 0.118. The number of H-pyrrole nitrogens is 1. The van der Waals surface area contributed by atoms with E-state index in [1.165, 1.54) is 12.1 Å². The number of nitrogens with zero attached hydrogens (tertiary/aromatic N) is 2. The summed E-state index contributed by atoms with van der Waals surface area (Å²) >= 11 is 0. The Morgan fingerprint density at radius 3 is 2.91 bits per heavy atom. The predicted molar refractivity (Wildman–Crippen MR) is 82.3 cm³/mol. The van der Waals surface area contributed by atoms with Gasteiger partial charge in [-0.2, -0.15) is 0 Å². The van der Waals surface area contributed by atoms with Gasteiger partial charge in [-0.25, -0.2) is 4.39 Å². The SMILES string of the molecule is O=C1c2cccnc2CN1Cc1cc2ccc(F)cc2[nH]c1=O. The lowest BCUT2D eigenvalue weighted by Crippen LogP contribution is -2.27. The zero-order chi connectivity index (χ0) is 16.0. The summed E-state index contributed by atoms with van der Waals surface area (Å²) in [7, 11) is 0. The van der Waals surface area contributed by atoms with Crippen molar-refractivity contribution in [1.29, 1.82) is 0 Å². The highest BCUT2D eigenvalue weighted by atomic mass is 19.1.